The molecule has 1 aromatic heterocycles. The van der Waals surface area contributed by atoms with Crippen molar-refractivity contribution in [3.05, 3.63) is 42.1 Å². The summed E-state index contributed by atoms with van der Waals surface area (Å²) in [5.41, 5.74) is 0.753. The number of nitrogens with one attached hydrogen (secondary N) is 1. The second-order valence-corrected chi connectivity index (χ2v) is 4.55. The van der Waals surface area contributed by atoms with Gasteiger partial charge in [0.1, 0.15) is 5.82 Å². The van der Waals surface area contributed by atoms with Gasteiger partial charge in [0.2, 0.25) is 0 Å². The highest BCUT2D eigenvalue weighted by molar-refractivity contribution is 5.85. The Morgan fingerprint density at radius 2 is 1.95 bits per heavy atom. The third-order valence-electron chi connectivity index (χ3n) is 2.99. The fourth-order valence-electron chi connectivity index (χ4n) is 2.01. The number of nitrogens with zero attached hydrogens (tertiary/aromatic N) is 1. The average molecular weight is 286 g/mol. The van der Waals surface area contributed by atoms with Crippen molar-refractivity contribution in [3.63, 3.8) is 0 Å². The van der Waals surface area contributed by atoms with Gasteiger partial charge in [-0.1, -0.05) is 6.07 Å². The summed E-state index contributed by atoms with van der Waals surface area (Å²) in [6, 6.07) is 10.3. The van der Waals surface area contributed by atoms with Gasteiger partial charge in [-0.05, 0) is 24.3 Å². The van der Waals surface area contributed by atoms with Crippen LogP contribution in [0, 0.1) is 0 Å². The van der Waals surface area contributed by atoms with Gasteiger partial charge in [0.05, 0.1) is 13.2 Å². The maximum absolute atomic E-state index is 10.9. The predicted octanol–water partition coefficient (Wildman–Crippen LogP) is 2.68. The van der Waals surface area contributed by atoms with Crippen LogP contribution in [0.4, 0.5) is 11.5 Å². The van der Waals surface area contributed by atoms with Crippen molar-refractivity contribution in [2.45, 2.75) is 6.42 Å². The van der Waals surface area contributed by atoms with Crippen LogP contribution >= 0.6 is 0 Å². The Labute approximate surface area is 121 Å². The van der Waals surface area contributed by atoms with Crippen molar-refractivity contribution >= 4 is 17.5 Å². The first-order chi connectivity index (χ1) is 10.2. The fraction of sp³-hybridized carbons (Fsp3) is 0.200. The first-order valence-electron chi connectivity index (χ1n) is 6.59. The Morgan fingerprint density at radius 1 is 1.14 bits per heavy atom. The maximum atomic E-state index is 10.9. The normalized spacial score (nSPS) is 13.3. The van der Waals surface area contributed by atoms with E-state index in [1.807, 2.05) is 18.2 Å². The number of rotatable bonds is 3. The summed E-state index contributed by atoms with van der Waals surface area (Å²) < 4.78 is 11.2. The number of ether oxygens (including phenoxy) is 2. The van der Waals surface area contributed by atoms with E-state index in [0.29, 0.717) is 30.5 Å². The SMILES string of the molecule is O=C(O)c1cccc(Nc2ccc3c(c2)OCCCO3)n1. The van der Waals surface area contributed by atoms with Crippen molar-refractivity contribution in [1.29, 1.82) is 0 Å². The van der Waals surface area contributed by atoms with Crippen LogP contribution in [0.1, 0.15) is 16.9 Å². The zero-order valence-electron chi connectivity index (χ0n) is 11.2. The van der Waals surface area contributed by atoms with E-state index >= 15 is 0 Å². The van der Waals surface area contributed by atoms with Crippen LogP contribution < -0.4 is 14.8 Å². The number of carbonyl (C=O) groups is 1. The van der Waals surface area contributed by atoms with E-state index < -0.39 is 5.97 Å². The topological polar surface area (TPSA) is 80.7 Å². The Kier molecular flexibility index (Phi) is 3.59. The van der Waals surface area contributed by atoms with Gasteiger partial charge in [-0.2, -0.15) is 0 Å². The van der Waals surface area contributed by atoms with E-state index in [4.69, 9.17) is 14.6 Å². The van der Waals surface area contributed by atoms with Crippen LogP contribution in [0.5, 0.6) is 11.5 Å². The molecule has 1 aliphatic rings. The molecule has 6 heteroatoms. The number of benzene rings is 1. The molecule has 0 saturated carbocycles. The molecule has 1 aromatic carbocycles. The smallest absolute Gasteiger partial charge is 0.354 e. The van der Waals surface area contributed by atoms with E-state index in [1.54, 1.807) is 12.1 Å². The lowest BCUT2D eigenvalue weighted by molar-refractivity contribution is 0.0690. The minimum absolute atomic E-state index is 0.00524. The largest absolute Gasteiger partial charge is 0.490 e. The Hall–Kier alpha value is -2.76. The standard InChI is InChI=1S/C15H14N2O4/c18-15(19)11-3-1-4-14(17-11)16-10-5-6-12-13(9-10)21-8-2-7-20-12/h1,3-6,9H,2,7-8H2,(H,16,17)(H,18,19). The first-order valence-corrected chi connectivity index (χ1v) is 6.59. The van der Waals surface area contributed by atoms with E-state index in [2.05, 4.69) is 10.3 Å². The highest BCUT2D eigenvalue weighted by Gasteiger charge is 2.11. The number of aromatic nitrogens is 1. The van der Waals surface area contributed by atoms with Gasteiger partial charge in [-0.15, -0.1) is 0 Å². The minimum atomic E-state index is -1.06. The molecule has 0 aliphatic carbocycles. The Bertz CT molecular complexity index is 672. The highest BCUT2D eigenvalue weighted by Crippen LogP contribution is 2.33. The number of hydrogen-bond acceptors (Lipinski definition) is 5. The predicted molar refractivity (Wildman–Crippen MR) is 76.5 cm³/mol. The summed E-state index contributed by atoms with van der Waals surface area (Å²) in [5.74, 6) is 0.791. The van der Waals surface area contributed by atoms with Gasteiger partial charge in [0.15, 0.2) is 17.2 Å². The number of anilines is 2. The van der Waals surface area contributed by atoms with Gasteiger partial charge in [-0.25, -0.2) is 9.78 Å². The van der Waals surface area contributed by atoms with Gasteiger partial charge in [-0.3, -0.25) is 0 Å². The molecule has 0 saturated heterocycles. The molecule has 2 N–H and O–H groups in total. The zero-order chi connectivity index (χ0) is 14.7. The third kappa shape index (κ3) is 3.05. The van der Waals surface area contributed by atoms with Crippen LogP contribution in [-0.4, -0.2) is 29.3 Å². The monoisotopic (exact) mass is 286 g/mol. The van der Waals surface area contributed by atoms with E-state index in [0.717, 1.165) is 12.1 Å². The van der Waals surface area contributed by atoms with E-state index in [9.17, 15) is 4.79 Å². The molecule has 0 atom stereocenters. The minimum Gasteiger partial charge on any atom is -0.490 e. The zero-order valence-corrected chi connectivity index (χ0v) is 11.2. The molecule has 0 amide bonds. The van der Waals surface area contributed by atoms with E-state index in [1.165, 1.54) is 6.07 Å². The molecule has 0 unspecified atom stereocenters. The van der Waals surface area contributed by atoms with Crippen molar-refractivity contribution in [3.8, 4) is 11.5 Å². The molecule has 1 aliphatic heterocycles. The summed E-state index contributed by atoms with van der Waals surface area (Å²) in [6.07, 6.45) is 0.847. The van der Waals surface area contributed by atoms with Crippen LogP contribution in [0.15, 0.2) is 36.4 Å². The summed E-state index contributed by atoms with van der Waals surface area (Å²) in [4.78, 5) is 14.9. The molecule has 0 bridgehead atoms. The molecule has 21 heavy (non-hydrogen) atoms. The molecular formula is C15H14N2O4. The van der Waals surface area contributed by atoms with Crippen LogP contribution in [0.3, 0.4) is 0 Å². The molecule has 2 heterocycles. The molecule has 3 rings (SSSR count). The molecule has 2 aromatic rings. The number of carboxylic acids is 1. The molecule has 0 spiro atoms. The van der Waals surface area contributed by atoms with Crippen molar-refractivity contribution in [2.24, 2.45) is 0 Å². The van der Waals surface area contributed by atoms with Crippen LogP contribution in [0.2, 0.25) is 0 Å². The lowest BCUT2D eigenvalue weighted by Crippen LogP contribution is -2.02. The number of pyridine rings is 1. The molecule has 0 fully saturated rings. The maximum Gasteiger partial charge on any atom is 0.354 e. The first kappa shape index (κ1) is 13.2. The number of carboxylic acid groups (broad SMARTS) is 1. The molecular weight excluding hydrogens is 272 g/mol. The number of aromatic carboxylic acids is 1. The molecule has 6 nitrogen and oxygen atoms in total. The van der Waals surface area contributed by atoms with E-state index in [-0.39, 0.29) is 5.69 Å². The third-order valence-corrected chi connectivity index (χ3v) is 2.99. The van der Waals surface area contributed by atoms with Crippen molar-refractivity contribution in [1.82, 2.24) is 4.98 Å². The second-order valence-electron chi connectivity index (χ2n) is 4.55. The lowest BCUT2D eigenvalue weighted by Gasteiger charge is -2.11. The van der Waals surface area contributed by atoms with Crippen molar-refractivity contribution < 1.29 is 19.4 Å². The lowest BCUT2D eigenvalue weighted by atomic mass is 10.2. The molecule has 108 valence electrons. The van der Waals surface area contributed by atoms with Crippen molar-refractivity contribution in [2.75, 3.05) is 18.5 Å². The summed E-state index contributed by atoms with van der Waals surface area (Å²) in [7, 11) is 0. The Balaban J connectivity index is 1.83. The summed E-state index contributed by atoms with van der Waals surface area (Å²) >= 11 is 0. The van der Waals surface area contributed by atoms with Crippen LogP contribution in [-0.2, 0) is 0 Å². The summed E-state index contributed by atoms with van der Waals surface area (Å²) in [5, 5.41) is 12.0. The highest BCUT2D eigenvalue weighted by atomic mass is 16.5. The van der Waals surface area contributed by atoms with Gasteiger partial charge in [0, 0.05) is 18.2 Å². The van der Waals surface area contributed by atoms with Gasteiger partial charge in [0.25, 0.3) is 0 Å². The fourth-order valence-corrected chi connectivity index (χ4v) is 2.01. The van der Waals surface area contributed by atoms with Gasteiger partial charge < -0.3 is 19.9 Å². The molecule has 0 radical (unpaired) electrons. The van der Waals surface area contributed by atoms with Gasteiger partial charge >= 0.3 is 5.97 Å². The second kappa shape index (κ2) is 5.70. The Morgan fingerprint density at radius 3 is 2.76 bits per heavy atom. The number of hydrogen-bond donors (Lipinski definition) is 2. The quantitative estimate of drug-likeness (QED) is 0.903. The van der Waals surface area contributed by atoms with Crippen LogP contribution in [0.25, 0.3) is 0 Å². The number of fused-ring (bicyclic) bond motifs is 1. The average Bonchev–Trinajstić information content (AvgIpc) is 2.72. The summed E-state index contributed by atoms with van der Waals surface area (Å²) in [6.45, 7) is 1.26.